The van der Waals surface area contributed by atoms with Crippen molar-refractivity contribution in [1.29, 1.82) is 0 Å². The van der Waals surface area contributed by atoms with E-state index < -0.39 is 5.97 Å². The van der Waals surface area contributed by atoms with Crippen molar-refractivity contribution < 1.29 is 24.1 Å². The molecule has 0 radical (unpaired) electrons. The summed E-state index contributed by atoms with van der Waals surface area (Å²) in [7, 11) is 1.54. The number of ether oxygens (including phenoxy) is 3. The number of hydrogen-bond acceptors (Lipinski definition) is 6. The number of carboxylic acids is 1. The molecule has 4 rings (SSSR count). The third-order valence-corrected chi connectivity index (χ3v) is 5.61. The Morgan fingerprint density at radius 2 is 1.92 bits per heavy atom. The highest BCUT2D eigenvalue weighted by Crippen LogP contribution is 2.31. The predicted octanol–water partition coefficient (Wildman–Crippen LogP) is 4.91. The first-order valence-electron chi connectivity index (χ1n) is 12.0. The average molecular weight is 490 g/mol. The lowest BCUT2D eigenvalue weighted by Crippen LogP contribution is -2.11. The van der Waals surface area contributed by atoms with E-state index in [1.54, 1.807) is 25.3 Å². The van der Waals surface area contributed by atoms with Crippen LogP contribution in [0.3, 0.4) is 0 Å². The minimum atomic E-state index is -0.919. The third-order valence-electron chi connectivity index (χ3n) is 5.61. The number of methoxy groups -OCH3 is 1. The van der Waals surface area contributed by atoms with E-state index in [1.807, 2.05) is 54.9 Å². The van der Waals surface area contributed by atoms with E-state index in [0.29, 0.717) is 48.9 Å². The van der Waals surface area contributed by atoms with Crippen LogP contribution < -0.4 is 14.2 Å². The van der Waals surface area contributed by atoms with Crippen molar-refractivity contribution in [2.75, 3.05) is 13.7 Å². The maximum Gasteiger partial charge on any atom is 0.307 e. The van der Waals surface area contributed by atoms with E-state index in [-0.39, 0.29) is 12.5 Å². The Morgan fingerprint density at radius 1 is 1.08 bits per heavy atom. The van der Waals surface area contributed by atoms with E-state index in [9.17, 15) is 9.90 Å². The van der Waals surface area contributed by atoms with Gasteiger partial charge >= 0.3 is 5.97 Å². The molecule has 2 aromatic carbocycles. The first-order valence-corrected chi connectivity index (χ1v) is 12.0. The van der Waals surface area contributed by atoms with Gasteiger partial charge in [0, 0.05) is 22.7 Å². The molecular formula is C28H31N3O5. The summed E-state index contributed by atoms with van der Waals surface area (Å²) in [5.41, 5.74) is 3.46. The van der Waals surface area contributed by atoms with Crippen molar-refractivity contribution in [3.05, 3.63) is 77.6 Å². The summed E-state index contributed by atoms with van der Waals surface area (Å²) in [6.45, 7) is 4.86. The Balaban J connectivity index is 1.47. The van der Waals surface area contributed by atoms with Crippen LogP contribution in [0.4, 0.5) is 0 Å². The van der Waals surface area contributed by atoms with Crippen molar-refractivity contribution in [2.24, 2.45) is 0 Å². The van der Waals surface area contributed by atoms with E-state index in [2.05, 4.69) is 11.2 Å². The van der Waals surface area contributed by atoms with Gasteiger partial charge in [-0.1, -0.05) is 36.4 Å². The van der Waals surface area contributed by atoms with Crippen LogP contribution in [-0.4, -0.2) is 45.7 Å². The SMILES string of the molecule is COc1cccc(CC(=O)O)c1OCCCc1cc(OC(C)C)nn1Cc1ccc2ccccc2n1. The predicted molar refractivity (Wildman–Crippen MR) is 137 cm³/mol. The molecule has 0 amide bonds. The number of pyridine rings is 1. The van der Waals surface area contributed by atoms with Gasteiger partial charge in [0.2, 0.25) is 5.88 Å². The first kappa shape index (κ1) is 25.0. The molecule has 2 aromatic heterocycles. The molecule has 8 heteroatoms. The molecule has 0 bridgehead atoms. The molecule has 0 aliphatic carbocycles. The van der Waals surface area contributed by atoms with Crippen LogP contribution in [0.25, 0.3) is 10.9 Å². The number of carboxylic acid groups (broad SMARTS) is 1. The minimum Gasteiger partial charge on any atom is -0.493 e. The number of aryl methyl sites for hydroxylation is 1. The van der Waals surface area contributed by atoms with Crippen LogP contribution >= 0.6 is 0 Å². The Labute approximate surface area is 210 Å². The Kier molecular flexibility index (Phi) is 8.05. The normalized spacial score (nSPS) is 11.1. The number of hydrogen-bond donors (Lipinski definition) is 1. The molecule has 0 saturated carbocycles. The Morgan fingerprint density at radius 3 is 2.69 bits per heavy atom. The molecule has 0 saturated heterocycles. The Bertz CT molecular complexity index is 1330. The molecule has 4 aromatic rings. The number of benzene rings is 2. The van der Waals surface area contributed by atoms with Crippen molar-refractivity contribution in [1.82, 2.24) is 14.8 Å². The summed E-state index contributed by atoms with van der Waals surface area (Å²) in [4.78, 5) is 16.0. The molecule has 0 unspecified atom stereocenters. The molecule has 8 nitrogen and oxygen atoms in total. The van der Waals surface area contributed by atoms with E-state index >= 15 is 0 Å². The summed E-state index contributed by atoms with van der Waals surface area (Å²) in [6, 6.07) is 19.4. The third kappa shape index (κ3) is 6.33. The number of fused-ring (bicyclic) bond motifs is 1. The molecule has 0 fully saturated rings. The molecule has 36 heavy (non-hydrogen) atoms. The van der Waals surface area contributed by atoms with Crippen molar-refractivity contribution in [3.8, 4) is 17.4 Å². The van der Waals surface area contributed by atoms with Gasteiger partial charge < -0.3 is 19.3 Å². The molecule has 2 heterocycles. The number of aliphatic carboxylic acids is 1. The summed E-state index contributed by atoms with van der Waals surface area (Å²) in [5.74, 6) is 0.654. The second kappa shape index (κ2) is 11.6. The minimum absolute atomic E-state index is 0.0153. The first-order chi connectivity index (χ1) is 17.4. The zero-order valence-corrected chi connectivity index (χ0v) is 20.8. The van der Waals surface area contributed by atoms with Crippen molar-refractivity contribution in [3.63, 3.8) is 0 Å². The van der Waals surface area contributed by atoms with Gasteiger partial charge in [0.1, 0.15) is 0 Å². The highest BCUT2D eigenvalue weighted by Gasteiger charge is 2.15. The van der Waals surface area contributed by atoms with Crippen molar-refractivity contribution in [2.45, 2.75) is 45.8 Å². The quantitative estimate of drug-likeness (QED) is 0.282. The summed E-state index contributed by atoms with van der Waals surface area (Å²) < 4.78 is 19.2. The maximum absolute atomic E-state index is 11.3. The fourth-order valence-electron chi connectivity index (χ4n) is 4.03. The van der Waals surface area contributed by atoms with E-state index in [0.717, 1.165) is 22.3 Å². The van der Waals surface area contributed by atoms with Crippen LogP contribution in [0.2, 0.25) is 0 Å². The highest BCUT2D eigenvalue weighted by molar-refractivity contribution is 5.78. The van der Waals surface area contributed by atoms with E-state index in [4.69, 9.17) is 19.2 Å². The molecule has 0 aliphatic heterocycles. The fraction of sp³-hybridized carbons (Fsp3) is 0.321. The monoisotopic (exact) mass is 489 g/mol. The van der Waals surface area contributed by atoms with Crippen LogP contribution in [-0.2, 0) is 24.2 Å². The maximum atomic E-state index is 11.3. The molecule has 1 N–H and O–H groups in total. The average Bonchev–Trinajstić information content (AvgIpc) is 3.21. The molecule has 0 aliphatic rings. The van der Waals surface area contributed by atoms with Gasteiger partial charge in [-0.3, -0.25) is 14.5 Å². The smallest absolute Gasteiger partial charge is 0.307 e. The second-order valence-corrected chi connectivity index (χ2v) is 8.76. The van der Waals surface area contributed by atoms with Crippen LogP contribution in [0.15, 0.2) is 60.7 Å². The Hall–Kier alpha value is -4.07. The van der Waals surface area contributed by atoms with Crippen molar-refractivity contribution >= 4 is 16.9 Å². The van der Waals surface area contributed by atoms with Gasteiger partial charge in [-0.2, -0.15) is 0 Å². The highest BCUT2D eigenvalue weighted by atomic mass is 16.5. The van der Waals surface area contributed by atoms with Gasteiger partial charge in [0.05, 0.1) is 44.0 Å². The number of carbonyl (C=O) groups is 1. The topological polar surface area (TPSA) is 95.7 Å². The number of rotatable bonds is 12. The van der Waals surface area contributed by atoms with Crippen LogP contribution in [0.5, 0.6) is 17.4 Å². The van der Waals surface area contributed by atoms with Crippen LogP contribution in [0.1, 0.15) is 37.2 Å². The van der Waals surface area contributed by atoms with Gasteiger partial charge in [0.15, 0.2) is 11.5 Å². The summed E-state index contributed by atoms with van der Waals surface area (Å²) in [5, 5.41) is 15.0. The number of aromatic nitrogens is 3. The zero-order valence-electron chi connectivity index (χ0n) is 20.8. The number of para-hydroxylation sites is 2. The standard InChI is InChI=1S/C28H31N3O5/c1-19(2)36-26-17-23(31(30-26)18-22-14-13-20-8-4-5-11-24(20)29-22)10-7-15-35-28-21(16-27(32)33)9-6-12-25(28)34-3/h4-6,8-9,11-14,17,19H,7,10,15-16,18H2,1-3H3,(H,32,33). The number of nitrogens with zero attached hydrogens (tertiary/aromatic N) is 3. The van der Waals surface area contributed by atoms with Gasteiger partial charge in [0.25, 0.3) is 0 Å². The fourth-order valence-corrected chi connectivity index (χ4v) is 4.03. The van der Waals surface area contributed by atoms with Gasteiger partial charge in [-0.25, -0.2) is 0 Å². The second-order valence-electron chi connectivity index (χ2n) is 8.76. The molecule has 0 atom stereocenters. The lowest BCUT2D eigenvalue weighted by Gasteiger charge is -2.14. The molecule has 0 spiro atoms. The van der Waals surface area contributed by atoms with Gasteiger partial charge in [-0.15, -0.1) is 5.10 Å². The van der Waals surface area contributed by atoms with E-state index in [1.165, 1.54) is 0 Å². The van der Waals surface area contributed by atoms with Crippen LogP contribution in [0, 0.1) is 0 Å². The molecule has 188 valence electrons. The summed E-state index contributed by atoms with van der Waals surface area (Å²) in [6.07, 6.45) is 1.28. The molecular weight excluding hydrogens is 458 g/mol. The largest absolute Gasteiger partial charge is 0.493 e. The lowest BCUT2D eigenvalue weighted by atomic mass is 10.1. The van der Waals surface area contributed by atoms with Gasteiger partial charge in [-0.05, 0) is 44.9 Å². The zero-order chi connectivity index (χ0) is 25.5. The lowest BCUT2D eigenvalue weighted by molar-refractivity contribution is -0.136. The summed E-state index contributed by atoms with van der Waals surface area (Å²) >= 11 is 0.